The van der Waals surface area contributed by atoms with Gasteiger partial charge in [0.05, 0.1) is 12.7 Å². The lowest BCUT2D eigenvalue weighted by Gasteiger charge is -2.17. The lowest BCUT2D eigenvalue weighted by atomic mass is 10.1. The first-order valence-electron chi connectivity index (χ1n) is 7.25. The molecule has 0 aliphatic heterocycles. The number of methoxy groups -OCH3 is 1. The molecule has 1 aromatic carbocycles. The van der Waals surface area contributed by atoms with Crippen molar-refractivity contribution in [2.45, 2.75) is 26.8 Å². The number of hydrogen-bond donors (Lipinski definition) is 1. The van der Waals surface area contributed by atoms with Crippen LogP contribution in [0.15, 0.2) is 18.2 Å². The minimum absolute atomic E-state index is 0.581. The maximum Gasteiger partial charge on any atom is 0.136 e. The molecule has 4 heteroatoms. The van der Waals surface area contributed by atoms with Crippen molar-refractivity contribution in [3.05, 3.63) is 29.3 Å². The fourth-order valence-electron chi connectivity index (χ4n) is 2.14. The number of nitriles is 1. The second-order valence-corrected chi connectivity index (χ2v) is 4.70. The maximum atomic E-state index is 8.93. The molecule has 1 N–H and O–H groups in total. The fourth-order valence-corrected chi connectivity index (χ4v) is 2.14. The Morgan fingerprint density at radius 2 is 2.05 bits per heavy atom. The lowest BCUT2D eigenvalue weighted by molar-refractivity contribution is 0.298. The number of nitrogens with zero attached hydrogens (tertiary/aromatic N) is 2. The second-order valence-electron chi connectivity index (χ2n) is 4.70. The highest BCUT2D eigenvalue weighted by Crippen LogP contribution is 2.18. The molecule has 0 fully saturated rings. The molecule has 0 heterocycles. The van der Waals surface area contributed by atoms with E-state index in [-0.39, 0.29) is 0 Å². The van der Waals surface area contributed by atoms with E-state index in [4.69, 9.17) is 10.00 Å². The number of benzene rings is 1. The van der Waals surface area contributed by atoms with Gasteiger partial charge < -0.3 is 15.0 Å². The van der Waals surface area contributed by atoms with Gasteiger partial charge in [0, 0.05) is 6.54 Å². The fraction of sp³-hybridized carbons (Fsp3) is 0.562. The molecule has 0 unspecified atom stereocenters. The van der Waals surface area contributed by atoms with E-state index in [9.17, 15) is 0 Å². The van der Waals surface area contributed by atoms with E-state index in [1.807, 2.05) is 18.2 Å². The molecule has 0 radical (unpaired) electrons. The molecular formula is C16H25N3O. The third-order valence-corrected chi connectivity index (χ3v) is 3.44. The zero-order chi connectivity index (χ0) is 14.8. The molecule has 1 aromatic rings. The van der Waals surface area contributed by atoms with Crippen molar-refractivity contribution < 1.29 is 4.74 Å². The topological polar surface area (TPSA) is 48.3 Å². The van der Waals surface area contributed by atoms with Crippen LogP contribution < -0.4 is 10.1 Å². The summed E-state index contributed by atoms with van der Waals surface area (Å²) >= 11 is 0. The van der Waals surface area contributed by atoms with E-state index < -0.39 is 0 Å². The Kier molecular flexibility index (Phi) is 7.71. The smallest absolute Gasteiger partial charge is 0.136 e. The van der Waals surface area contributed by atoms with Gasteiger partial charge in [-0.05, 0) is 50.3 Å². The monoisotopic (exact) mass is 275 g/mol. The molecule has 0 aliphatic rings. The van der Waals surface area contributed by atoms with Crippen molar-refractivity contribution in [2.24, 2.45) is 0 Å². The van der Waals surface area contributed by atoms with Gasteiger partial charge in [-0.2, -0.15) is 5.26 Å². The zero-order valence-corrected chi connectivity index (χ0v) is 12.8. The minimum Gasteiger partial charge on any atom is -0.495 e. The van der Waals surface area contributed by atoms with Crippen LogP contribution >= 0.6 is 0 Å². The van der Waals surface area contributed by atoms with Gasteiger partial charge in [0.1, 0.15) is 11.8 Å². The third kappa shape index (κ3) is 5.20. The standard InChI is InChI=1S/C16H25N3O/c1-4-19(5-2)10-6-9-18-13-14-7-8-15(12-17)16(11-14)20-3/h7-8,11,18H,4-6,9-10,13H2,1-3H3. The molecule has 0 atom stereocenters. The van der Waals surface area contributed by atoms with Crippen molar-refractivity contribution in [1.82, 2.24) is 10.2 Å². The van der Waals surface area contributed by atoms with Crippen LogP contribution in [-0.2, 0) is 6.54 Å². The van der Waals surface area contributed by atoms with Gasteiger partial charge in [-0.1, -0.05) is 19.9 Å². The van der Waals surface area contributed by atoms with Gasteiger partial charge >= 0.3 is 0 Å². The van der Waals surface area contributed by atoms with Crippen LogP contribution in [0.1, 0.15) is 31.4 Å². The summed E-state index contributed by atoms with van der Waals surface area (Å²) in [6, 6.07) is 7.83. The minimum atomic E-state index is 0.581. The summed E-state index contributed by atoms with van der Waals surface area (Å²) in [4.78, 5) is 2.42. The first-order chi connectivity index (χ1) is 9.74. The summed E-state index contributed by atoms with van der Waals surface area (Å²) in [6.07, 6.45) is 1.15. The van der Waals surface area contributed by atoms with Crippen molar-refractivity contribution in [3.8, 4) is 11.8 Å². The van der Waals surface area contributed by atoms with Crippen LogP contribution in [0.2, 0.25) is 0 Å². The van der Waals surface area contributed by atoms with Gasteiger partial charge in [-0.25, -0.2) is 0 Å². The summed E-state index contributed by atoms with van der Waals surface area (Å²) < 4.78 is 5.21. The van der Waals surface area contributed by atoms with Crippen LogP contribution in [0.25, 0.3) is 0 Å². The highest BCUT2D eigenvalue weighted by Gasteiger charge is 2.03. The first-order valence-corrected chi connectivity index (χ1v) is 7.25. The molecule has 110 valence electrons. The predicted molar refractivity (Wildman–Crippen MR) is 81.8 cm³/mol. The molecule has 0 bridgehead atoms. The Bertz CT molecular complexity index is 436. The van der Waals surface area contributed by atoms with E-state index in [1.54, 1.807) is 7.11 Å². The molecule has 0 amide bonds. The average Bonchev–Trinajstić information content (AvgIpc) is 2.50. The van der Waals surface area contributed by atoms with E-state index in [1.165, 1.54) is 0 Å². The Morgan fingerprint density at radius 1 is 1.30 bits per heavy atom. The van der Waals surface area contributed by atoms with Crippen molar-refractivity contribution >= 4 is 0 Å². The van der Waals surface area contributed by atoms with E-state index in [0.717, 1.165) is 44.7 Å². The van der Waals surface area contributed by atoms with E-state index >= 15 is 0 Å². The van der Waals surface area contributed by atoms with Gasteiger partial charge in [0.15, 0.2) is 0 Å². The second kappa shape index (κ2) is 9.35. The van der Waals surface area contributed by atoms with Gasteiger partial charge in [-0.3, -0.25) is 0 Å². The molecule has 20 heavy (non-hydrogen) atoms. The number of rotatable bonds is 9. The summed E-state index contributed by atoms with van der Waals surface area (Å²) in [5.74, 6) is 0.648. The van der Waals surface area contributed by atoms with Crippen LogP contribution in [0, 0.1) is 11.3 Å². The van der Waals surface area contributed by atoms with Crippen molar-refractivity contribution in [1.29, 1.82) is 5.26 Å². The summed E-state index contributed by atoms with van der Waals surface area (Å²) in [5.41, 5.74) is 1.72. The molecule has 0 saturated carbocycles. The van der Waals surface area contributed by atoms with Crippen molar-refractivity contribution in [2.75, 3.05) is 33.3 Å². The zero-order valence-electron chi connectivity index (χ0n) is 12.8. The van der Waals surface area contributed by atoms with Crippen LogP contribution in [0.4, 0.5) is 0 Å². The Balaban J connectivity index is 2.34. The molecule has 0 aromatic heterocycles. The van der Waals surface area contributed by atoms with Gasteiger partial charge in [0.2, 0.25) is 0 Å². The van der Waals surface area contributed by atoms with E-state index in [0.29, 0.717) is 11.3 Å². The lowest BCUT2D eigenvalue weighted by Crippen LogP contribution is -2.27. The summed E-state index contributed by atoms with van der Waals surface area (Å²) in [6.45, 7) is 9.56. The average molecular weight is 275 g/mol. The Morgan fingerprint density at radius 3 is 2.65 bits per heavy atom. The Hall–Kier alpha value is -1.57. The molecule has 0 aliphatic carbocycles. The SMILES string of the molecule is CCN(CC)CCCNCc1ccc(C#N)c(OC)c1. The number of nitrogens with one attached hydrogen (secondary N) is 1. The summed E-state index contributed by atoms with van der Waals surface area (Å²) in [7, 11) is 1.59. The number of hydrogen-bond acceptors (Lipinski definition) is 4. The van der Waals surface area contributed by atoms with Crippen LogP contribution in [0.3, 0.4) is 0 Å². The summed E-state index contributed by atoms with van der Waals surface area (Å²) in [5, 5.41) is 12.4. The molecule has 4 nitrogen and oxygen atoms in total. The highest BCUT2D eigenvalue weighted by atomic mass is 16.5. The van der Waals surface area contributed by atoms with Gasteiger partial charge in [-0.15, -0.1) is 0 Å². The quantitative estimate of drug-likeness (QED) is 0.703. The molecular weight excluding hydrogens is 250 g/mol. The van der Waals surface area contributed by atoms with E-state index in [2.05, 4.69) is 30.1 Å². The molecule has 1 rings (SSSR count). The normalized spacial score (nSPS) is 10.6. The Labute approximate surface area is 122 Å². The highest BCUT2D eigenvalue weighted by molar-refractivity contribution is 5.45. The molecule has 0 spiro atoms. The van der Waals surface area contributed by atoms with Gasteiger partial charge in [0.25, 0.3) is 0 Å². The van der Waals surface area contributed by atoms with Crippen molar-refractivity contribution in [3.63, 3.8) is 0 Å². The van der Waals surface area contributed by atoms with Crippen LogP contribution in [-0.4, -0.2) is 38.2 Å². The maximum absolute atomic E-state index is 8.93. The molecule has 0 saturated heterocycles. The number of ether oxygens (including phenoxy) is 1. The van der Waals surface area contributed by atoms with Crippen LogP contribution in [0.5, 0.6) is 5.75 Å². The third-order valence-electron chi connectivity index (χ3n) is 3.44. The first kappa shape index (κ1) is 16.5. The largest absolute Gasteiger partial charge is 0.495 e. The predicted octanol–water partition coefficient (Wildman–Crippen LogP) is 2.39.